The molecule has 0 bridgehead atoms. The number of amides is 1. The Bertz CT molecular complexity index is 1250. The Labute approximate surface area is 186 Å². The Balaban J connectivity index is 1.41. The minimum atomic E-state index is -0.188. The lowest BCUT2D eigenvalue weighted by atomic mass is 10.1. The summed E-state index contributed by atoms with van der Waals surface area (Å²) in [6.45, 7) is 3.85. The van der Waals surface area contributed by atoms with Gasteiger partial charge < -0.3 is 14.8 Å². The van der Waals surface area contributed by atoms with E-state index >= 15 is 0 Å². The number of fused-ring (bicyclic) bond motifs is 1. The van der Waals surface area contributed by atoms with E-state index in [0.717, 1.165) is 17.0 Å². The van der Waals surface area contributed by atoms with Crippen molar-refractivity contribution in [1.82, 2.24) is 24.6 Å². The molecule has 9 nitrogen and oxygen atoms in total. The van der Waals surface area contributed by atoms with Gasteiger partial charge in [-0.1, -0.05) is 11.8 Å². The average Bonchev–Trinajstić information content (AvgIpc) is 3.38. The fraction of sp³-hybridized carbons (Fsp3) is 0.250. The largest absolute Gasteiger partial charge is 0.497 e. The molecule has 11 heteroatoms. The molecule has 1 N–H and O–H groups in total. The van der Waals surface area contributed by atoms with Crippen molar-refractivity contribution in [2.75, 3.05) is 25.3 Å². The lowest BCUT2D eigenvalue weighted by Gasteiger charge is -2.08. The SMILES string of the molecule is COc1ccc(-c2csc(NC(=O)CSc3nc4nc(C)cc(C)n4n3)n2)c(OC)c1. The summed E-state index contributed by atoms with van der Waals surface area (Å²) in [7, 11) is 3.19. The van der Waals surface area contributed by atoms with Crippen molar-refractivity contribution in [3.8, 4) is 22.8 Å². The molecule has 3 aromatic heterocycles. The van der Waals surface area contributed by atoms with Crippen LogP contribution in [-0.4, -0.2) is 50.4 Å². The van der Waals surface area contributed by atoms with Crippen LogP contribution in [0.2, 0.25) is 0 Å². The quantitative estimate of drug-likeness (QED) is 0.421. The van der Waals surface area contributed by atoms with Crippen LogP contribution in [0.15, 0.2) is 34.8 Å². The molecule has 4 aromatic rings. The average molecular weight is 457 g/mol. The number of carbonyl (C=O) groups is 1. The van der Waals surface area contributed by atoms with Gasteiger partial charge in [0.2, 0.25) is 11.1 Å². The number of aromatic nitrogens is 5. The van der Waals surface area contributed by atoms with Gasteiger partial charge in [-0.3, -0.25) is 4.79 Å². The van der Waals surface area contributed by atoms with Gasteiger partial charge in [-0.05, 0) is 32.0 Å². The maximum Gasteiger partial charge on any atom is 0.253 e. The molecule has 0 saturated carbocycles. The fourth-order valence-corrected chi connectivity index (χ4v) is 4.30. The number of nitrogens with one attached hydrogen (secondary N) is 1. The molecule has 0 saturated heterocycles. The number of thiazole rings is 1. The number of hydrogen-bond donors (Lipinski definition) is 1. The van der Waals surface area contributed by atoms with Crippen LogP contribution in [0, 0.1) is 13.8 Å². The summed E-state index contributed by atoms with van der Waals surface area (Å²) in [5.74, 6) is 1.85. The number of aryl methyl sites for hydroxylation is 2. The summed E-state index contributed by atoms with van der Waals surface area (Å²) >= 11 is 2.60. The van der Waals surface area contributed by atoms with Crippen molar-refractivity contribution in [3.05, 3.63) is 41.0 Å². The number of nitrogens with zero attached hydrogens (tertiary/aromatic N) is 5. The summed E-state index contributed by atoms with van der Waals surface area (Å²) in [5.41, 5.74) is 3.35. The molecule has 0 aliphatic carbocycles. The van der Waals surface area contributed by atoms with E-state index in [1.807, 2.05) is 37.4 Å². The first-order valence-corrected chi connectivity index (χ1v) is 11.1. The second kappa shape index (κ2) is 8.90. The van der Waals surface area contributed by atoms with E-state index in [-0.39, 0.29) is 11.7 Å². The van der Waals surface area contributed by atoms with Crippen LogP contribution in [0.1, 0.15) is 11.4 Å². The summed E-state index contributed by atoms with van der Waals surface area (Å²) in [5, 5.41) is 10.1. The molecule has 4 rings (SSSR count). The van der Waals surface area contributed by atoms with Gasteiger partial charge in [0.05, 0.1) is 25.7 Å². The summed E-state index contributed by atoms with van der Waals surface area (Å²) < 4.78 is 12.3. The standard InChI is InChI=1S/C20H20N6O3S2/c1-11-7-12(2)26-18(21-11)24-20(25-26)31-10-17(27)23-19-22-15(9-30-19)14-6-5-13(28-3)8-16(14)29-4/h5-9H,10H2,1-4H3,(H,22,23,27). The highest BCUT2D eigenvalue weighted by atomic mass is 32.2. The van der Waals surface area contributed by atoms with Gasteiger partial charge >= 0.3 is 0 Å². The molecule has 0 aliphatic heterocycles. The molecule has 0 spiro atoms. The van der Waals surface area contributed by atoms with E-state index in [0.29, 0.717) is 33.3 Å². The maximum absolute atomic E-state index is 12.4. The fourth-order valence-electron chi connectivity index (χ4n) is 2.96. The van der Waals surface area contributed by atoms with Crippen molar-refractivity contribution in [3.63, 3.8) is 0 Å². The van der Waals surface area contributed by atoms with Crippen molar-refractivity contribution in [2.45, 2.75) is 19.0 Å². The van der Waals surface area contributed by atoms with Crippen molar-refractivity contribution in [1.29, 1.82) is 0 Å². The predicted octanol–water partition coefficient (Wildman–Crippen LogP) is 3.61. The third-order valence-corrected chi connectivity index (χ3v) is 5.96. The molecule has 0 unspecified atom stereocenters. The highest BCUT2D eigenvalue weighted by Crippen LogP contribution is 2.34. The third-order valence-electron chi connectivity index (χ3n) is 4.37. The highest BCUT2D eigenvalue weighted by molar-refractivity contribution is 7.99. The molecule has 0 atom stereocenters. The Kier molecular flexibility index (Phi) is 6.05. The number of methoxy groups -OCH3 is 2. The van der Waals surface area contributed by atoms with Gasteiger partial charge in [-0.25, -0.2) is 14.5 Å². The number of carbonyl (C=O) groups excluding carboxylic acids is 1. The Hall–Kier alpha value is -3.18. The minimum absolute atomic E-state index is 0.162. The van der Waals surface area contributed by atoms with Crippen LogP contribution >= 0.6 is 23.1 Å². The van der Waals surface area contributed by atoms with Crippen LogP contribution in [0.3, 0.4) is 0 Å². The van der Waals surface area contributed by atoms with Crippen molar-refractivity contribution < 1.29 is 14.3 Å². The first-order chi connectivity index (χ1) is 15.0. The highest BCUT2D eigenvalue weighted by Gasteiger charge is 2.14. The topological polar surface area (TPSA) is 104 Å². The lowest BCUT2D eigenvalue weighted by Crippen LogP contribution is -2.13. The van der Waals surface area contributed by atoms with E-state index in [1.165, 1.54) is 23.1 Å². The molecular formula is C20H20N6O3S2. The number of ether oxygens (including phenoxy) is 2. The molecule has 0 fully saturated rings. The zero-order chi connectivity index (χ0) is 22.0. The molecule has 3 heterocycles. The van der Waals surface area contributed by atoms with E-state index < -0.39 is 0 Å². The molecule has 1 aromatic carbocycles. The Morgan fingerprint density at radius 3 is 2.77 bits per heavy atom. The molecule has 0 radical (unpaired) electrons. The maximum atomic E-state index is 12.4. The zero-order valence-electron chi connectivity index (χ0n) is 17.4. The van der Waals surface area contributed by atoms with Crippen LogP contribution in [-0.2, 0) is 4.79 Å². The van der Waals surface area contributed by atoms with Gasteiger partial charge in [0, 0.05) is 28.4 Å². The van der Waals surface area contributed by atoms with Gasteiger partial charge in [0.15, 0.2) is 5.13 Å². The second-order valence-electron chi connectivity index (χ2n) is 6.59. The Morgan fingerprint density at radius 2 is 2.00 bits per heavy atom. The summed E-state index contributed by atoms with van der Waals surface area (Å²) in [6.07, 6.45) is 0. The van der Waals surface area contributed by atoms with Crippen LogP contribution in [0.5, 0.6) is 11.5 Å². The van der Waals surface area contributed by atoms with Crippen molar-refractivity contribution >= 4 is 39.9 Å². The van der Waals surface area contributed by atoms with Gasteiger partial charge in [-0.2, -0.15) is 4.98 Å². The van der Waals surface area contributed by atoms with Crippen molar-refractivity contribution in [2.24, 2.45) is 0 Å². The first kappa shape index (κ1) is 21.1. The van der Waals surface area contributed by atoms with E-state index in [1.54, 1.807) is 24.8 Å². The predicted molar refractivity (Wildman–Crippen MR) is 120 cm³/mol. The molecule has 1 amide bonds. The monoisotopic (exact) mass is 456 g/mol. The van der Waals surface area contributed by atoms with Crippen LogP contribution in [0.25, 0.3) is 17.0 Å². The number of thioether (sulfide) groups is 1. The molecular weight excluding hydrogens is 436 g/mol. The molecule has 160 valence electrons. The van der Waals surface area contributed by atoms with Crippen LogP contribution in [0.4, 0.5) is 5.13 Å². The normalized spacial score (nSPS) is 11.0. The number of benzene rings is 1. The van der Waals surface area contributed by atoms with E-state index in [2.05, 4.69) is 25.4 Å². The smallest absolute Gasteiger partial charge is 0.253 e. The summed E-state index contributed by atoms with van der Waals surface area (Å²) in [4.78, 5) is 25.6. The van der Waals surface area contributed by atoms with Crippen LogP contribution < -0.4 is 14.8 Å². The number of rotatable bonds is 7. The van der Waals surface area contributed by atoms with Gasteiger partial charge in [0.25, 0.3) is 5.78 Å². The number of hydrogen-bond acceptors (Lipinski definition) is 9. The Morgan fingerprint density at radius 1 is 1.16 bits per heavy atom. The molecule has 31 heavy (non-hydrogen) atoms. The zero-order valence-corrected chi connectivity index (χ0v) is 19.0. The first-order valence-electron chi connectivity index (χ1n) is 9.28. The minimum Gasteiger partial charge on any atom is -0.497 e. The van der Waals surface area contributed by atoms with E-state index in [4.69, 9.17) is 9.47 Å². The summed E-state index contributed by atoms with van der Waals surface area (Å²) in [6, 6.07) is 7.44. The third kappa shape index (κ3) is 4.62. The lowest BCUT2D eigenvalue weighted by molar-refractivity contribution is -0.113. The van der Waals surface area contributed by atoms with E-state index in [9.17, 15) is 4.79 Å². The molecule has 0 aliphatic rings. The second-order valence-corrected chi connectivity index (χ2v) is 8.39. The van der Waals surface area contributed by atoms with Gasteiger partial charge in [-0.15, -0.1) is 16.4 Å². The number of anilines is 1. The van der Waals surface area contributed by atoms with Gasteiger partial charge in [0.1, 0.15) is 11.5 Å².